The SMILES string of the molecule is Cc1cc2c(cc1C)N[C@H](CC(=O)NC1CCCCC1)C(=O)N2. The summed E-state index contributed by atoms with van der Waals surface area (Å²) in [7, 11) is 0. The second kappa shape index (κ2) is 6.60. The van der Waals surface area contributed by atoms with Gasteiger partial charge in [-0.15, -0.1) is 0 Å². The third-order valence-electron chi connectivity index (χ3n) is 4.90. The number of nitrogens with one attached hydrogen (secondary N) is 3. The second-order valence-electron chi connectivity index (χ2n) is 6.77. The minimum absolute atomic E-state index is 0.0446. The van der Waals surface area contributed by atoms with Crippen LogP contribution in [0.4, 0.5) is 11.4 Å². The van der Waals surface area contributed by atoms with Gasteiger partial charge in [-0.3, -0.25) is 9.59 Å². The molecule has 124 valence electrons. The molecule has 5 nitrogen and oxygen atoms in total. The van der Waals surface area contributed by atoms with Crippen LogP contribution in [0.15, 0.2) is 12.1 Å². The Labute approximate surface area is 137 Å². The molecule has 23 heavy (non-hydrogen) atoms. The summed E-state index contributed by atoms with van der Waals surface area (Å²) in [6.07, 6.45) is 5.90. The fourth-order valence-corrected chi connectivity index (χ4v) is 3.37. The van der Waals surface area contributed by atoms with Crippen molar-refractivity contribution in [2.24, 2.45) is 0 Å². The Bertz CT molecular complexity index is 621. The molecule has 0 saturated heterocycles. The van der Waals surface area contributed by atoms with Crippen LogP contribution in [0.2, 0.25) is 0 Å². The number of carbonyl (C=O) groups is 2. The summed E-state index contributed by atoms with van der Waals surface area (Å²) in [6, 6.07) is 3.76. The van der Waals surface area contributed by atoms with E-state index in [1.165, 1.54) is 19.3 Å². The molecule has 0 bridgehead atoms. The first kappa shape index (κ1) is 15.8. The molecule has 3 N–H and O–H groups in total. The van der Waals surface area contributed by atoms with Gasteiger partial charge >= 0.3 is 0 Å². The summed E-state index contributed by atoms with van der Waals surface area (Å²) in [5.41, 5.74) is 3.99. The van der Waals surface area contributed by atoms with Gasteiger partial charge in [0.05, 0.1) is 17.8 Å². The van der Waals surface area contributed by atoms with E-state index in [9.17, 15) is 9.59 Å². The number of fused-ring (bicyclic) bond motifs is 1. The molecule has 0 unspecified atom stereocenters. The smallest absolute Gasteiger partial charge is 0.247 e. The quantitative estimate of drug-likeness (QED) is 0.803. The molecule has 2 aliphatic rings. The van der Waals surface area contributed by atoms with Gasteiger partial charge in [-0.2, -0.15) is 0 Å². The van der Waals surface area contributed by atoms with Crippen LogP contribution in [0.5, 0.6) is 0 Å². The first-order valence-electron chi connectivity index (χ1n) is 8.51. The first-order valence-corrected chi connectivity index (χ1v) is 8.51. The van der Waals surface area contributed by atoms with Crippen molar-refractivity contribution in [3.05, 3.63) is 23.3 Å². The molecule has 1 aliphatic carbocycles. The summed E-state index contributed by atoms with van der Waals surface area (Å²) < 4.78 is 0. The molecular weight excluding hydrogens is 290 g/mol. The van der Waals surface area contributed by atoms with Crippen molar-refractivity contribution in [2.75, 3.05) is 10.6 Å². The number of anilines is 2. The highest BCUT2D eigenvalue weighted by molar-refractivity contribution is 6.05. The fraction of sp³-hybridized carbons (Fsp3) is 0.556. The Morgan fingerprint density at radius 3 is 2.48 bits per heavy atom. The summed E-state index contributed by atoms with van der Waals surface area (Å²) in [6.45, 7) is 4.06. The van der Waals surface area contributed by atoms with Gasteiger partial charge in [-0.1, -0.05) is 19.3 Å². The molecule has 1 heterocycles. The van der Waals surface area contributed by atoms with Crippen LogP contribution in [0.25, 0.3) is 0 Å². The lowest BCUT2D eigenvalue weighted by Crippen LogP contribution is -2.44. The van der Waals surface area contributed by atoms with Crippen molar-refractivity contribution < 1.29 is 9.59 Å². The molecule has 3 rings (SSSR count). The molecule has 0 spiro atoms. The lowest BCUT2D eigenvalue weighted by molar-refractivity contribution is -0.125. The van der Waals surface area contributed by atoms with E-state index in [0.717, 1.165) is 35.3 Å². The minimum atomic E-state index is -0.506. The van der Waals surface area contributed by atoms with E-state index in [0.29, 0.717) is 0 Å². The highest BCUT2D eigenvalue weighted by Gasteiger charge is 2.28. The summed E-state index contributed by atoms with van der Waals surface area (Å²) in [5.74, 6) is -0.184. The number of carbonyl (C=O) groups excluding carboxylic acids is 2. The standard InChI is InChI=1S/C18H25N3O2/c1-11-8-14-15(9-12(11)2)21-18(23)16(20-14)10-17(22)19-13-6-4-3-5-7-13/h8-9,13,16,20H,3-7,10H2,1-2H3,(H,19,22)(H,21,23)/t16-/m1/s1. The molecule has 1 aliphatic heterocycles. The number of aryl methyl sites for hydroxylation is 2. The number of rotatable bonds is 3. The van der Waals surface area contributed by atoms with Crippen LogP contribution in [0, 0.1) is 13.8 Å². The number of amides is 2. The average Bonchev–Trinajstić information content (AvgIpc) is 2.51. The zero-order chi connectivity index (χ0) is 16.4. The Balaban J connectivity index is 1.63. The van der Waals surface area contributed by atoms with E-state index in [1.807, 2.05) is 26.0 Å². The van der Waals surface area contributed by atoms with Gasteiger partial charge < -0.3 is 16.0 Å². The average molecular weight is 315 g/mol. The van der Waals surface area contributed by atoms with E-state index in [2.05, 4.69) is 16.0 Å². The fourth-order valence-electron chi connectivity index (χ4n) is 3.37. The molecule has 1 saturated carbocycles. The van der Waals surface area contributed by atoms with Crippen molar-refractivity contribution in [2.45, 2.75) is 64.5 Å². The Hall–Kier alpha value is -2.04. The van der Waals surface area contributed by atoms with E-state index in [4.69, 9.17) is 0 Å². The normalized spacial score (nSPS) is 21.1. The zero-order valence-electron chi connectivity index (χ0n) is 13.9. The largest absolute Gasteiger partial charge is 0.372 e. The van der Waals surface area contributed by atoms with Crippen molar-refractivity contribution in [1.29, 1.82) is 0 Å². The summed E-state index contributed by atoms with van der Waals surface area (Å²) >= 11 is 0. The van der Waals surface area contributed by atoms with E-state index in [1.54, 1.807) is 0 Å². The van der Waals surface area contributed by atoms with Gasteiger partial charge in [-0.25, -0.2) is 0 Å². The molecular formula is C18H25N3O2. The van der Waals surface area contributed by atoms with Gasteiger partial charge in [0.1, 0.15) is 6.04 Å². The monoisotopic (exact) mass is 315 g/mol. The van der Waals surface area contributed by atoms with Crippen molar-refractivity contribution in [1.82, 2.24) is 5.32 Å². The van der Waals surface area contributed by atoms with Crippen LogP contribution < -0.4 is 16.0 Å². The highest BCUT2D eigenvalue weighted by atomic mass is 16.2. The molecule has 0 aromatic heterocycles. The van der Waals surface area contributed by atoms with Gasteiger partial charge in [-0.05, 0) is 49.9 Å². The van der Waals surface area contributed by atoms with Crippen LogP contribution >= 0.6 is 0 Å². The van der Waals surface area contributed by atoms with Crippen molar-refractivity contribution in [3.63, 3.8) is 0 Å². The maximum Gasteiger partial charge on any atom is 0.247 e. The van der Waals surface area contributed by atoms with Crippen LogP contribution in [0.1, 0.15) is 49.7 Å². The minimum Gasteiger partial charge on any atom is -0.372 e. The third kappa shape index (κ3) is 3.66. The van der Waals surface area contributed by atoms with Crippen LogP contribution in [0.3, 0.4) is 0 Å². The van der Waals surface area contributed by atoms with Crippen molar-refractivity contribution >= 4 is 23.2 Å². The highest BCUT2D eigenvalue weighted by Crippen LogP contribution is 2.30. The molecule has 1 atom stereocenters. The van der Waals surface area contributed by atoms with Gasteiger partial charge in [0, 0.05) is 6.04 Å². The van der Waals surface area contributed by atoms with E-state index >= 15 is 0 Å². The second-order valence-corrected chi connectivity index (χ2v) is 6.77. The summed E-state index contributed by atoms with van der Waals surface area (Å²) in [4.78, 5) is 24.5. The molecule has 1 aromatic carbocycles. The van der Waals surface area contributed by atoms with Crippen molar-refractivity contribution in [3.8, 4) is 0 Å². The van der Waals surface area contributed by atoms with Gasteiger partial charge in [0.25, 0.3) is 0 Å². The predicted octanol–water partition coefficient (Wildman–Crippen LogP) is 2.88. The van der Waals surface area contributed by atoms with Gasteiger partial charge in [0.2, 0.25) is 11.8 Å². The number of hydrogen-bond acceptors (Lipinski definition) is 3. The third-order valence-corrected chi connectivity index (χ3v) is 4.90. The molecule has 1 aromatic rings. The topological polar surface area (TPSA) is 70.2 Å². The van der Waals surface area contributed by atoms with Gasteiger partial charge in [0.15, 0.2) is 0 Å². The lowest BCUT2D eigenvalue weighted by atomic mass is 9.95. The molecule has 2 amide bonds. The molecule has 1 fully saturated rings. The number of benzene rings is 1. The Morgan fingerprint density at radius 2 is 1.78 bits per heavy atom. The Morgan fingerprint density at radius 1 is 1.13 bits per heavy atom. The molecule has 0 radical (unpaired) electrons. The lowest BCUT2D eigenvalue weighted by Gasteiger charge is -2.28. The zero-order valence-corrected chi connectivity index (χ0v) is 13.9. The predicted molar refractivity (Wildman–Crippen MR) is 91.6 cm³/mol. The summed E-state index contributed by atoms with van der Waals surface area (Å²) in [5, 5.41) is 9.19. The Kier molecular flexibility index (Phi) is 4.55. The van der Waals surface area contributed by atoms with Crippen LogP contribution in [-0.2, 0) is 9.59 Å². The van der Waals surface area contributed by atoms with E-state index < -0.39 is 6.04 Å². The van der Waals surface area contributed by atoms with E-state index in [-0.39, 0.29) is 24.3 Å². The van der Waals surface area contributed by atoms with Crippen LogP contribution in [-0.4, -0.2) is 23.9 Å². The maximum absolute atomic E-state index is 12.2. The number of hydrogen-bond donors (Lipinski definition) is 3. The maximum atomic E-state index is 12.2. The molecule has 5 heteroatoms. The first-order chi connectivity index (χ1) is 11.0.